The Labute approximate surface area is 141 Å². The minimum atomic E-state index is -0.195. The van der Waals surface area contributed by atoms with E-state index in [1.165, 1.54) is 0 Å². The van der Waals surface area contributed by atoms with Gasteiger partial charge in [-0.15, -0.1) is 0 Å². The van der Waals surface area contributed by atoms with Crippen molar-refractivity contribution in [1.29, 1.82) is 0 Å². The number of benzene rings is 2. The van der Waals surface area contributed by atoms with Crippen LogP contribution >= 0.6 is 0 Å². The first-order valence-electron chi connectivity index (χ1n) is 7.68. The number of anilines is 2. The Hall–Kier alpha value is -3.02. The smallest absolute Gasteiger partial charge is 0.251 e. The number of hydrogen-bond acceptors (Lipinski definition) is 4. The number of ether oxygens (including phenoxy) is 1. The van der Waals surface area contributed by atoms with Crippen molar-refractivity contribution in [1.82, 2.24) is 5.32 Å². The normalized spacial score (nSPS) is 9.92. The monoisotopic (exact) mass is 327 g/mol. The Morgan fingerprint density at radius 3 is 2.46 bits per heavy atom. The maximum Gasteiger partial charge on any atom is 0.251 e. The second-order valence-electron chi connectivity index (χ2n) is 5.07. The minimum absolute atomic E-state index is 0.123. The molecule has 0 unspecified atom stereocenters. The number of hydrogen-bond donors (Lipinski definition) is 3. The van der Waals surface area contributed by atoms with Crippen LogP contribution in [0.3, 0.4) is 0 Å². The fourth-order valence-corrected chi connectivity index (χ4v) is 2.10. The molecular formula is C18H21N3O3. The van der Waals surface area contributed by atoms with Crippen LogP contribution in [-0.2, 0) is 4.79 Å². The van der Waals surface area contributed by atoms with Gasteiger partial charge in [0.05, 0.1) is 13.7 Å². The molecular weight excluding hydrogens is 306 g/mol. The van der Waals surface area contributed by atoms with Crippen LogP contribution in [0.25, 0.3) is 0 Å². The fraction of sp³-hybridized carbons (Fsp3) is 0.222. The molecule has 0 atom stereocenters. The van der Waals surface area contributed by atoms with Gasteiger partial charge in [-0.3, -0.25) is 9.59 Å². The summed E-state index contributed by atoms with van der Waals surface area (Å²) in [5.41, 5.74) is 1.92. The predicted molar refractivity (Wildman–Crippen MR) is 94.6 cm³/mol. The molecule has 2 amide bonds. The molecule has 0 spiro atoms. The third kappa shape index (κ3) is 5.01. The van der Waals surface area contributed by atoms with Gasteiger partial charge in [-0.2, -0.15) is 0 Å². The summed E-state index contributed by atoms with van der Waals surface area (Å²) in [4.78, 5) is 23.8. The van der Waals surface area contributed by atoms with E-state index in [-0.39, 0.29) is 18.4 Å². The number of rotatable bonds is 7. The molecule has 2 aromatic rings. The predicted octanol–water partition coefficient (Wildman–Crippen LogP) is 2.50. The highest BCUT2D eigenvalue weighted by molar-refractivity contribution is 5.98. The first kappa shape index (κ1) is 17.3. The van der Waals surface area contributed by atoms with E-state index in [2.05, 4.69) is 16.0 Å². The van der Waals surface area contributed by atoms with Crippen molar-refractivity contribution < 1.29 is 14.3 Å². The second-order valence-corrected chi connectivity index (χ2v) is 5.07. The third-order valence-corrected chi connectivity index (χ3v) is 3.29. The molecule has 6 heteroatoms. The number of amides is 2. The van der Waals surface area contributed by atoms with Gasteiger partial charge in [0.1, 0.15) is 5.75 Å². The molecule has 126 valence electrons. The first-order valence-corrected chi connectivity index (χ1v) is 7.68. The molecule has 0 saturated heterocycles. The Bertz CT molecular complexity index is 699. The van der Waals surface area contributed by atoms with Crippen LogP contribution < -0.4 is 20.7 Å². The van der Waals surface area contributed by atoms with Gasteiger partial charge < -0.3 is 20.7 Å². The lowest BCUT2D eigenvalue weighted by molar-refractivity contribution is -0.114. The van der Waals surface area contributed by atoms with Crippen LogP contribution in [-0.4, -0.2) is 32.0 Å². The molecule has 0 heterocycles. The zero-order valence-corrected chi connectivity index (χ0v) is 13.8. The number of nitrogens with one attached hydrogen (secondary N) is 3. The summed E-state index contributed by atoms with van der Waals surface area (Å²) in [6, 6.07) is 14.1. The van der Waals surface area contributed by atoms with E-state index in [0.717, 1.165) is 11.4 Å². The molecule has 0 aliphatic rings. The molecule has 2 aromatic carbocycles. The molecule has 2 rings (SSSR count). The summed E-state index contributed by atoms with van der Waals surface area (Å²) < 4.78 is 5.08. The van der Waals surface area contributed by atoms with Crippen molar-refractivity contribution in [3.8, 4) is 5.75 Å². The SMILES string of the molecule is CCNC(=O)c1cccc(NC(=O)CNc2ccc(OC)cc2)c1. The molecule has 0 radical (unpaired) electrons. The van der Waals surface area contributed by atoms with E-state index in [4.69, 9.17) is 4.74 Å². The van der Waals surface area contributed by atoms with Crippen molar-refractivity contribution in [3.63, 3.8) is 0 Å². The van der Waals surface area contributed by atoms with Crippen LogP contribution in [0.4, 0.5) is 11.4 Å². The highest BCUT2D eigenvalue weighted by Crippen LogP contribution is 2.15. The Balaban J connectivity index is 1.89. The molecule has 0 fully saturated rings. The van der Waals surface area contributed by atoms with Gasteiger partial charge in [0, 0.05) is 23.5 Å². The molecule has 6 nitrogen and oxygen atoms in total. The molecule has 0 saturated carbocycles. The van der Waals surface area contributed by atoms with Gasteiger partial charge in [-0.05, 0) is 49.4 Å². The van der Waals surface area contributed by atoms with Crippen molar-refractivity contribution in [2.45, 2.75) is 6.92 Å². The standard InChI is InChI=1S/C18H21N3O3/c1-3-19-18(23)13-5-4-6-15(11-13)21-17(22)12-20-14-7-9-16(24-2)10-8-14/h4-11,20H,3,12H2,1-2H3,(H,19,23)(H,21,22). The maximum atomic E-state index is 12.0. The van der Waals surface area contributed by atoms with E-state index in [0.29, 0.717) is 17.8 Å². The van der Waals surface area contributed by atoms with Crippen molar-refractivity contribution in [3.05, 3.63) is 54.1 Å². The topological polar surface area (TPSA) is 79.5 Å². The van der Waals surface area contributed by atoms with Gasteiger partial charge in [0.25, 0.3) is 5.91 Å². The zero-order chi connectivity index (χ0) is 17.4. The fourth-order valence-electron chi connectivity index (χ4n) is 2.10. The zero-order valence-electron chi connectivity index (χ0n) is 13.8. The summed E-state index contributed by atoms with van der Waals surface area (Å²) >= 11 is 0. The lowest BCUT2D eigenvalue weighted by atomic mass is 10.2. The highest BCUT2D eigenvalue weighted by atomic mass is 16.5. The molecule has 0 aromatic heterocycles. The quantitative estimate of drug-likeness (QED) is 0.730. The van der Waals surface area contributed by atoms with E-state index < -0.39 is 0 Å². The van der Waals surface area contributed by atoms with Crippen molar-refractivity contribution >= 4 is 23.2 Å². The van der Waals surface area contributed by atoms with E-state index in [1.807, 2.05) is 31.2 Å². The molecule has 0 bridgehead atoms. The summed E-state index contributed by atoms with van der Waals surface area (Å²) in [6.07, 6.45) is 0. The third-order valence-electron chi connectivity index (χ3n) is 3.29. The van der Waals surface area contributed by atoms with Crippen LogP contribution in [0.1, 0.15) is 17.3 Å². The van der Waals surface area contributed by atoms with E-state index in [9.17, 15) is 9.59 Å². The van der Waals surface area contributed by atoms with E-state index >= 15 is 0 Å². The Morgan fingerprint density at radius 1 is 1.04 bits per heavy atom. The highest BCUT2D eigenvalue weighted by Gasteiger charge is 2.07. The number of carbonyl (C=O) groups is 2. The van der Waals surface area contributed by atoms with Gasteiger partial charge >= 0.3 is 0 Å². The minimum Gasteiger partial charge on any atom is -0.497 e. The average Bonchev–Trinajstić information content (AvgIpc) is 2.61. The molecule has 24 heavy (non-hydrogen) atoms. The summed E-state index contributed by atoms with van der Waals surface area (Å²) in [5, 5.41) is 8.52. The summed E-state index contributed by atoms with van der Waals surface area (Å²) in [6.45, 7) is 2.53. The van der Waals surface area contributed by atoms with Crippen LogP contribution in [0.15, 0.2) is 48.5 Å². The van der Waals surface area contributed by atoms with Gasteiger partial charge in [0.15, 0.2) is 0 Å². The lowest BCUT2D eigenvalue weighted by Gasteiger charge is -2.09. The Morgan fingerprint density at radius 2 is 1.79 bits per heavy atom. The maximum absolute atomic E-state index is 12.0. The molecule has 0 aliphatic carbocycles. The van der Waals surface area contributed by atoms with Crippen molar-refractivity contribution in [2.75, 3.05) is 30.8 Å². The second kappa shape index (κ2) is 8.57. The molecule has 0 aliphatic heterocycles. The van der Waals surface area contributed by atoms with Crippen LogP contribution in [0.5, 0.6) is 5.75 Å². The van der Waals surface area contributed by atoms with Gasteiger partial charge in [0.2, 0.25) is 5.91 Å². The molecule has 3 N–H and O–H groups in total. The first-order chi connectivity index (χ1) is 11.6. The van der Waals surface area contributed by atoms with Crippen LogP contribution in [0, 0.1) is 0 Å². The average molecular weight is 327 g/mol. The van der Waals surface area contributed by atoms with E-state index in [1.54, 1.807) is 31.4 Å². The van der Waals surface area contributed by atoms with Crippen molar-refractivity contribution in [2.24, 2.45) is 0 Å². The Kier molecular flexibility index (Phi) is 6.19. The largest absolute Gasteiger partial charge is 0.497 e. The summed E-state index contributed by atoms with van der Waals surface area (Å²) in [5.74, 6) is 0.399. The van der Waals surface area contributed by atoms with Gasteiger partial charge in [-0.25, -0.2) is 0 Å². The summed E-state index contributed by atoms with van der Waals surface area (Å²) in [7, 11) is 1.60. The van der Waals surface area contributed by atoms with Gasteiger partial charge in [-0.1, -0.05) is 6.07 Å². The number of methoxy groups -OCH3 is 1. The number of carbonyl (C=O) groups excluding carboxylic acids is 2. The lowest BCUT2D eigenvalue weighted by Crippen LogP contribution is -2.24. The van der Waals surface area contributed by atoms with Crippen LogP contribution in [0.2, 0.25) is 0 Å².